The molecule has 0 N–H and O–H groups in total. The maximum atomic E-state index is 9.73. The minimum Gasteiger partial charge on any atom is -0.566 e. The van der Waals surface area contributed by atoms with Crippen LogP contribution in [0.25, 0.3) is 0 Å². The molecular weight excluding hydrogens is 154 g/mol. The van der Waals surface area contributed by atoms with Gasteiger partial charge in [0.05, 0.1) is 0 Å². The van der Waals surface area contributed by atoms with Gasteiger partial charge in [-0.05, 0) is 11.5 Å². The molecule has 6 heteroatoms. The van der Waals surface area contributed by atoms with Gasteiger partial charge in [0.2, 0.25) is 6.29 Å². The van der Waals surface area contributed by atoms with E-state index in [1.54, 1.807) is 6.92 Å². The molecule has 0 bridgehead atoms. The molecule has 46 valence electrons. The fourth-order valence-corrected chi connectivity index (χ4v) is 0.752. The quantitative estimate of drug-likeness (QED) is 0.241. The standard InChI is InChI=1S/C3H5O4P.Na/c1-2-3(6-2)7-8(4)5;/h2-3H,1H3;/q;+1. The van der Waals surface area contributed by atoms with Crippen LogP contribution >= 0.6 is 8.25 Å². The van der Waals surface area contributed by atoms with Crippen LogP contribution in [0.5, 0.6) is 0 Å². The van der Waals surface area contributed by atoms with Gasteiger partial charge in [0.15, 0.2) is 0 Å². The summed E-state index contributed by atoms with van der Waals surface area (Å²) in [6, 6.07) is 0. The zero-order valence-corrected chi connectivity index (χ0v) is 8.13. The van der Waals surface area contributed by atoms with E-state index in [9.17, 15) is 9.46 Å². The summed E-state index contributed by atoms with van der Waals surface area (Å²) in [5, 5.41) is 0. The summed E-state index contributed by atoms with van der Waals surface area (Å²) in [5.74, 6) is 0. The van der Waals surface area contributed by atoms with Gasteiger partial charge in [0, 0.05) is 0 Å². The molecule has 0 saturated carbocycles. The van der Waals surface area contributed by atoms with Gasteiger partial charge in [-0.1, -0.05) is 0 Å². The van der Waals surface area contributed by atoms with Gasteiger partial charge in [-0.3, -0.25) is 0 Å². The maximum Gasteiger partial charge on any atom is 1.00 e. The average Bonchev–Trinajstić information content (AvgIpc) is 2.17. The van der Waals surface area contributed by atoms with Gasteiger partial charge in [0.1, 0.15) is 6.10 Å². The number of hydrogen-bond donors (Lipinski definition) is 0. The van der Waals surface area contributed by atoms with E-state index >= 15 is 0 Å². The van der Waals surface area contributed by atoms with Crippen LogP contribution in [0.15, 0.2) is 0 Å². The Labute approximate surface area is 75.8 Å². The van der Waals surface area contributed by atoms with Crippen LogP contribution in [0.2, 0.25) is 0 Å². The van der Waals surface area contributed by atoms with Gasteiger partial charge in [0.25, 0.3) is 0 Å². The van der Waals surface area contributed by atoms with Crippen LogP contribution < -0.4 is 34.5 Å². The molecule has 3 atom stereocenters. The predicted molar refractivity (Wildman–Crippen MR) is 23.0 cm³/mol. The summed E-state index contributed by atoms with van der Waals surface area (Å²) in [7, 11) is -2.73. The molecule has 1 aliphatic rings. The number of hydrogen-bond acceptors (Lipinski definition) is 4. The molecule has 1 heterocycles. The summed E-state index contributed by atoms with van der Waals surface area (Å²) < 4.78 is 18.6. The zero-order valence-electron chi connectivity index (χ0n) is 5.23. The molecule has 3 unspecified atom stereocenters. The third kappa shape index (κ3) is 3.63. The first kappa shape index (κ1) is 9.98. The van der Waals surface area contributed by atoms with E-state index in [4.69, 9.17) is 0 Å². The minimum absolute atomic E-state index is 0. The van der Waals surface area contributed by atoms with Crippen LogP contribution in [-0.4, -0.2) is 12.4 Å². The molecule has 0 aromatic heterocycles. The van der Waals surface area contributed by atoms with Crippen LogP contribution in [0.3, 0.4) is 0 Å². The van der Waals surface area contributed by atoms with Crippen molar-refractivity contribution in [2.75, 3.05) is 0 Å². The SMILES string of the molecule is CC1OC1O[P+](=O)[O-].[Na+]. The summed E-state index contributed by atoms with van der Waals surface area (Å²) in [4.78, 5) is 9.73. The number of rotatable bonds is 2. The predicted octanol–water partition coefficient (Wildman–Crippen LogP) is -3.23. The van der Waals surface area contributed by atoms with E-state index in [0.717, 1.165) is 0 Å². The molecule has 1 fully saturated rings. The molecule has 0 aromatic rings. The van der Waals surface area contributed by atoms with Crippen molar-refractivity contribution in [1.29, 1.82) is 0 Å². The van der Waals surface area contributed by atoms with Gasteiger partial charge >= 0.3 is 37.8 Å². The topological polar surface area (TPSA) is 61.9 Å². The first-order chi connectivity index (χ1) is 3.70. The van der Waals surface area contributed by atoms with Gasteiger partial charge < -0.3 is 9.63 Å². The first-order valence-electron chi connectivity index (χ1n) is 2.17. The van der Waals surface area contributed by atoms with Crippen molar-refractivity contribution in [3.05, 3.63) is 0 Å². The number of epoxide rings is 1. The van der Waals surface area contributed by atoms with E-state index in [1.807, 2.05) is 0 Å². The molecule has 1 saturated heterocycles. The van der Waals surface area contributed by atoms with Crippen LogP contribution in [-0.2, 0) is 13.8 Å². The van der Waals surface area contributed by atoms with Crippen LogP contribution in [0.1, 0.15) is 6.92 Å². The Hall–Kier alpha value is 0.980. The van der Waals surface area contributed by atoms with Gasteiger partial charge in [-0.2, -0.15) is 0 Å². The first-order valence-corrected chi connectivity index (χ1v) is 3.26. The fourth-order valence-electron chi connectivity index (χ4n) is 0.362. The summed E-state index contributed by atoms with van der Waals surface area (Å²) in [5.41, 5.74) is 0. The Bertz CT molecular complexity index is 118. The summed E-state index contributed by atoms with van der Waals surface area (Å²) >= 11 is 0. The second-order valence-corrected chi connectivity index (χ2v) is 2.20. The normalized spacial score (nSPS) is 32.9. The Kier molecular flexibility index (Phi) is 4.42. The van der Waals surface area contributed by atoms with E-state index in [0.29, 0.717) is 0 Å². The molecule has 1 aliphatic heterocycles. The third-order valence-electron chi connectivity index (χ3n) is 0.845. The van der Waals surface area contributed by atoms with Crippen molar-refractivity contribution >= 4 is 8.25 Å². The second-order valence-electron chi connectivity index (χ2n) is 1.54. The Balaban J connectivity index is 0.000000640. The van der Waals surface area contributed by atoms with Crippen molar-refractivity contribution in [2.45, 2.75) is 19.3 Å². The van der Waals surface area contributed by atoms with Crippen molar-refractivity contribution in [3.8, 4) is 0 Å². The Morgan fingerprint density at radius 1 is 1.78 bits per heavy atom. The van der Waals surface area contributed by atoms with Crippen molar-refractivity contribution in [1.82, 2.24) is 0 Å². The summed E-state index contributed by atoms with van der Waals surface area (Å²) in [6.45, 7) is 1.74. The van der Waals surface area contributed by atoms with Crippen LogP contribution in [0, 0.1) is 0 Å². The fraction of sp³-hybridized carbons (Fsp3) is 1.00. The van der Waals surface area contributed by atoms with Crippen molar-refractivity contribution in [2.24, 2.45) is 0 Å². The smallest absolute Gasteiger partial charge is 0.566 e. The van der Waals surface area contributed by atoms with Crippen LogP contribution in [0.4, 0.5) is 0 Å². The molecule has 0 radical (unpaired) electrons. The summed E-state index contributed by atoms with van der Waals surface area (Å²) in [6.07, 6.45) is -0.556. The molecule has 4 nitrogen and oxygen atoms in total. The van der Waals surface area contributed by atoms with Crippen molar-refractivity contribution in [3.63, 3.8) is 0 Å². The molecule has 1 rings (SSSR count). The molecule has 0 spiro atoms. The molecule has 0 amide bonds. The number of ether oxygens (including phenoxy) is 1. The van der Waals surface area contributed by atoms with Gasteiger partial charge in [-0.15, -0.1) is 4.52 Å². The Morgan fingerprint density at radius 3 is 2.33 bits per heavy atom. The van der Waals surface area contributed by atoms with E-state index in [2.05, 4.69) is 9.26 Å². The second kappa shape index (κ2) is 3.98. The zero-order chi connectivity index (χ0) is 6.15. The van der Waals surface area contributed by atoms with E-state index < -0.39 is 14.5 Å². The largest absolute Gasteiger partial charge is 1.00 e. The molecular formula is C3H5NaO4P+. The van der Waals surface area contributed by atoms with Gasteiger partial charge in [-0.25, -0.2) is 0 Å². The van der Waals surface area contributed by atoms with E-state index in [-0.39, 0.29) is 35.7 Å². The monoisotopic (exact) mass is 159 g/mol. The minimum atomic E-state index is -2.73. The molecule has 0 aromatic carbocycles. The molecule has 0 aliphatic carbocycles. The van der Waals surface area contributed by atoms with E-state index in [1.165, 1.54) is 0 Å². The maximum absolute atomic E-state index is 9.73. The average molecular weight is 159 g/mol. The van der Waals surface area contributed by atoms with Crippen molar-refractivity contribution < 1.29 is 48.3 Å². The molecule has 9 heavy (non-hydrogen) atoms. The third-order valence-corrected chi connectivity index (χ3v) is 1.23. The Morgan fingerprint density at radius 2 is 2.22 bits per heavy atom.